The summed E-state index contributed by atoms with van der Waals surface area (Å²) in [4.78, 5) is 27.3. The fourth-order valence-electron chi connectivity index (χ4n) is 2.97. The Bertz CT molecular complexity index is 532. The van der Waals surface area contributed by atoms with Gasteiger partial charge in [0.15, 0.2) is 0 Å². The molecule has 0 spiro atoms. The molecule has 1 N–H and O–H groups in total. The maximum Gasteiger partial charge on any atom is 0.237 e. The van der Waals surface area contributed by atoms with E-state index in [4.69, 9.17) is 0 Å². The van der Waals surface area contributed by atoms with Crippen molar-refractivity contribution in [2.45, 2.75) is 52.5 Å². The maximum atomic E-state index is 12.8. The van der Waals surface area contributed by atoms with Crippen LogP contribution in [0.2, 0.25) is 0 Å². The van der Waals surface area contributed by atoms with E-state index < -0.39 is 5.41 Å². The first-order chi connectivity index (χ1) is 10.9. The van der Waals surface area contributed by atoms with E-state index in [1.807, 2.05) is 42.2 Å². The number of benzene rings is 1. The molecule has 1 heterocycles. The Kier molecular flexibility index (Phi) is 5.80. The average molecular weight is 316 g/mol. The van der Waals surface area contributed by atoms with Crippen LogP contribution < -0.4 is 5.32 Å². The Morgan fingerprint density at radius 3 is 2.17 bits per heavy atom. The molecule has 4 nitrogen and oxygen atoms in total. The number of carbonyl (C=O) groups is 2. The summed E-state index contributed by atoms with van der Waals surface area (Å²) in [6, 6.07) is 9.70. The number of hydrogen-bond acceptors (Lipinski definition) is 2. The quantitative estimate of drug-likeness (QED) is 0.867. The minimum absolute atomic E-state index is 0.0582. The summed E-state index contributed by atoms with van der Waals surface area (Å²) >= 11 is 0. The zero-order valence-corrected chi connectivity index (χ0v) is 14.5. The molecule has 2 rings (SSSR count). The van der Waals surface area contributed by atoms with Gasteiger partial charge in [0.2, 0.25) is 11.8 Å². The van der Waals surface area contributed by atoms with Gasteiger partial charge in [0.05, 0.1) is 6.04 Å². The summed E-state index contributed by atoms with van der Waals surface area (Å²) in [5.41, 5.74) is 0.00628. The van der Waals surface area contributed by atoms with Crippen molar-refractivity contribution in [1.29, 1.82) is 0 Å². The van der Waals surface area contributed by atoms with Gasteiger partial charge in [-0.2, -0.15) is 0 Å². The Hall–Kier alpha value is -1.84. The molecule has 1 atom stereocenters. The fraction of sp³-hybridized carbons (Fsp3) is 0.579. The van der Waals surface area contributed by atoms with E-state index >= 15 is 0 Å². The zero-order chi connectivity index (χ0) is 16.9. The summed E-state index contributed by atoms with van der Waals surface area (Å²) in [6.07, 6.45) is 4.40. The van der Waals surface area contributed by atoms with Gasteiger partial charge in [0.25, 0.3) is 0 Å². The average Bonchev–Trinajstić information content (AvgIpc) is 2.84. The molecule has 2 amide bonds. The van der Waals surface area contributed by atoms with Gasteiger partial charge in [-0.15, -0.1) is 0 Å². The minimum Gasteiger partial charge on any atom is -0.349 e. The number of rotatable bonds is 4. The second-order valence-corrected chi connectivity index (χ2v) is 6.94. The third kappa shape index (κ3) is 4.34. The highest BCUT2D eigenvalue weighted by atomic mass is 16.2. The molecule has 1 aromatic rings. The van der Waals surface area contributed by atoms with Crippen molar-refractivity contribution in [3.8, 4) is 0 Å². The van der Waals surface area contributed by atoms with Crippen molar-refractivity contribution in [2.75, 3.05) is 13.1 Å². The first-order valence-electron chi connectivity index (χ1n) is 8.58. The summed E-state index contributed by atoms with van der Waals surface area (Å²) in [5.74, 6) is -0.264. The van der Waals surface area contributed by atoms with E-state index in [9.17, 15) is 9.59 Å². The number of amides is 2. The van der Waals surface area contributed by atoms with Gasteiger partial charge in [-0.25, -0.2) is 0 Å². The topological polar surface area (TPSA) is 49.4 Å². The van der Waals surface area contributed by atoms with Gasteiger partial charge in [0.1, 0.15) is 5.41 Å². The molecule has 0 radical (unpaired) electrons. The van der Waals surface area contributed by atoms with E-state index in [2.05, 4.69) is 5.32 Å². The van der Waals surface area contributed by atoms with Crippen molar-refractivity contribution < 1.29 is 9.59 Å². The highest BCUT2D eigenvalue weighted by Gasteiger charge is 2.39. The number of hydrogen-bond donors (Lipinski definition) is 1. The molecule has 0 aromatic heterocycles. The minimum atomic E-state index is -1.03. The standard InChI is InChI=1S/C19H28N2O2/c1-15(16-11-7-6-8-12-16)20-17(22)19(2,3)18(23)21-13-9-4-5-10-14-21/h6-8,11-12,15H,4-5,9-10,13-14H2,1-3H3,(H,20,22). The van der Waals surface area contributed by atoms with Gasteiger partial charge in [-0.1, -0.05) is 43.2 Å². The molecule has 0 bridgehead atoms. The molecule has 0 aliphatic carbocycles. The van der Waals surface area contributed by atoms with E-state index in [0.29, 0.717) is 0 Å². The summed E-state index contributed by atoms with van der Waals surface area (Å²) in [6.45, 7) is 6.94. The lowest BCUT2D eigenvalue weighted by Crippen LogP contribution is -2.50. The largest absolute Gasteiger partial charge is 0.349 e. The van der Waals surface area contributed by atoms with E-state index in [1.165, 1.54) is 12.8 Å². The van der Waals surface area contributed by atoms with Crippen molar-refractivity contribution >= 4 is 11.8 Å². The lowest BCUT2D eigenvalue weighted by Gasteiger charge is -2.31. The van der Waals surface area contributed by atoms with Crippen LogP contribution in [0, 0.1) is 5.41 Å². The van der Waals surface area contributed by atoms with Gasteiger partial charge in [-0.05, 0) is 39.2 Å². The van der Waals surface area contributed by atoms with Crippen LogP contribution in [0.15, 0.2) is 30.3 Å². The number of carbonyl (C=O) groups excluding carboxylic acids is 2. The predicted molar refractivity (Wildman–Crippen MR) is 91.8 cm³/mol. The highest BCUT2D eigenvalue weighted by molar-refractivity contribution is 6.04. The van der Waals surface area contributed by atoms with Crippen molar-refractivity contribution in [2.24, 2.45) is 5.41 Å². The van der Waals surface area contributed by atoms with Crippen molar-refractivity contribution in [3.63, 3.8) is 0 Å². The predicted octanol–water partition coefficient (Wildman–Crippen LogP) is 3.29. The molecular formula is C19H28N2O2. The molecule has 1 saturated heterocycles. The van der Waals surface area contributed by atoms with Crippen LogP contribution in [0.3, 0.4) is 0 Å². The molecule has 1 aliphatic heterocycles. The summed E-state index contributed by atoms with van der Waals surface area (Å²) < 4.78 is 0. The lowest BCUT2D eigenvalue weighted by molar-refractivity contribution is -0.148. The van der Waals surface area contributed by atoms with Crippen LogP contribution >= 0.6 is 0 Å². The molecule has 1 aliphatic rings. The summed E-state index contributed by atoms with van der Waals surface area (Å²) in [7, 11) is 0. The molecule has 1 aromatic carbocycles. The number of nitrogens with zero attached hydrogens (tertiary/aromatic N) is 1. The summed E-state index contributed by atoms with van der Waals surface area (Å²) in [5, 5.41) is 2.99. The van der Waals surface area contributed by atoms with Crippen LogP contribution in [0.1, 0.15) is 58.1 Å². The van der Waals surface area contributed by atoms with Crippen LogP contribution in [0.25, 0.3) is 0 Å². The van der Waals surface area contributed by atoms with E-state index in [0.717, 1.165) is 31.5 Å². The van der Waals surface area contributed by atoms with Gasteiger partial charge in [-0.3, -0.25) is 9.59 Å². The number of nitrogens with one attached hydrogen (secondary N) is 1. The molecular weight excluding hydrogens is 288 g/mol. The van der Waals surface area contributed by atoms with Crippen molar-refractivity contribution in [1.82, 2.24) is 10.2 Å². The molecule has 1 fully saturated rings. The monoisotopic (exact) mass is 316 g/mol. The molecule has 4 heteroatoms. The molecule has 23 heavy (non-hydrogen) atoms. The second-order valence-electron chi connectivity index (χ2n) is 6.94. The normalized spacial score (nSPS) is 17.3. The van der Waals surface area contributed by atoms with Crippen LogP contribution in [0.4, 0.5) is 0 Å². The Balaban J connectivity index is 2.02. The molecule has 126 valence electrons. The first kappa shape index (κ1) is 17.5. The fourth-order valence-corrected chi connectivity index (χ4v) is 2.97. The maximum absolute atomic E-state index is 12.8. The highest BCUT2D eigenvalue weighted by Crippen LogP contribution is 2.23. The second kappa shape index (κ2) is 7.62. The zero-order valence-electron chi connectivity index (χ0n) is 14.5. The van der Waals surface area contributed by atoms with Gasteiger partial charge in [0, 0.05) is 13.1 Å². The molecule has 0 saturated carbocycles. The molecule has 1 unspecified atom stereocenters. The third-order valence-electron chi connectivity index (χ3n) is 4.64. The third-order valence-corrected chi connectivity index (χ3v) is 4.64. The SMILES string of the molecule is CC(NC(=O)C(C)(C)C(=O)N1CCCCCC1)c1ccccc1. The lowest BCUT2D eigenvalue weighted by atomic mass is 9.89. The Morgan fingerprint density at radius 2 is 1.61 bits per heavy atom. The van der Waals surface area contributed by atoms with Crippen LogP contribution in [-0.4, -0.2) is 29.8 Å². The first-order valence-corrected chi connectivity index (χ1v) is 8.58. The smallest absolute Gasteiger partial charge is 0.237 e. The van der Waals surface area contributed by atoms with Crippen LogP contribution in [-0.2, 0) is 9.59 Å². The van der Waals surface area contributed by atoms with Gasteiger partial charge >= 0.3 is 0 Å². The number of likely N-dealkylation sites (tertiary alicyclic amines) is 1. The van der Waals surface area contributed by atoms with E-state index in [-0.39, 0.29) is 17.9 Å². The van der Waals surface area contributed by atoms with Crippen molar-refractivity contribution in [3.05, 3.63) is 35.9 Å². The van der Waals surface area contributed by atoms with Gasteiger partial charge < -0.3 is 10.2 Å². The van der Waals surface area contributed by atoms with E-state index in [1.54, 1.807) is 13.8 Å². The Labute approximate surface area is 139 Å². The van der Waals surface area contributed by atoms with Crippen LogP contribution in [0.5, 0.6) is 0 Å². The Morgan fingerprint density at radius 1 is 1.04 bits per heavy atom.